The number of aliphatic hydroxyl groups is 1. The molecule has 2 N–H and O–H groups in total. The Morgan fingerprint density at radius 3 is 2.52 bits per heavy atom. The smallest absolute Gasteiger partial charge is 0.0940 e. The lowest BCUT2D eigenvalue weighted by Gasteiger charge is -2.45. The molecule has 1 aliphatic carbocycles. The number of nitrogens with zero attached hydrogens (tertiary/aromatic N) is 1. The maximum atomic E-state index is 9.48. The Balaban J connectivity index is 1.99. The molecule has 0 bridgehead atoms. The van der Waals surface area contributed by atoms with E-state index in [-0.39, 0.29) is 18.3 Å². The lowest BCUT2D eigenvalue weighted by Crippen LogP contribution is -2.57. The van der Waals surface area contributed by atoms with Crippen molar-refractivity contribution in [2.24, 2.45) is 5.41 Å². The lowest BCUT2D eigenvalue weighted by molar-refractivity contribution is -0.154. The van der Waals surface area contributed by atoms with Crippen molar-refractivity contribution in [2.75, 3.05) is 32.8 Å². The largest absolute Gasteiger partial charge is 0.394 e. The molecule has 2 fully saturated rings. The monoisotopic (exact) mass is 298 g/mol. The maximum Gasteiger partial charge on any atom is 0.0940 e. The summed E-state index contributed by atoms with van der Waals surface area (Å²) in [7, 11) is 0. The molecule has 21 heavy (non-hydrogen) atoms. The van der Waals surface area contributed by atoms with Crippen LogP contribution in [0.2, 0.25) is 0 Å². The highest BCUT2D eigenvalue weighted by molar-refractivity contribution is 4.93. The first-order valence-corrected chi connectivity index (χ1v) is 8.59. The van der Waals surface area contributed by atoms with E-state index in [0.717, 1.165) is 26.2 Å². The molecule has 0 aromatic carbocycles. The summed E-state index contributed by atoms with van der Waals surface area (Å²) in [6.07, 6.45) is 5.33. The molecule has 2 aliphatic rings. The number of hydrogen-bond acceptors (Lipinski definition) is 4. The number of rotatable bonds is 6. The normalized spacial score (nSPS) is 29.1. The number of hydrogen-bond donors (Lipinski definition) is 2. The molecule has 1 saturated carbocycles. The third kappa shape index (κ3) is 4.92. The molecule has 0 aromatic heterocycles. The highest BCUT2D eigenvalue weighted by atomic mass is 16.5. The predicted molar refractivity (Wildman–Crippen MR) is 86.5 cm³/mol. The molecular formula is C17H34N2O2. The molecule has 2 rings (SSSR count). The Labute approximate surface area is 130 Å². The molecule has 1 heterocycles. The van der Waals surface area contributed by atoms with E-state index in [2.05, 4.69) is 37.9 Å². The Bertz CT molecular complexity index is 325. The van der Waals surface area contributed by atoms with Crippen LogP contribution in [0.4, 0.5) is 0 Å². The van der Waals surface area contributed by atoms with Crippen molar-refractivity contribution in [3.8, 4) is 0 Å². The zero-order chi connectivity index (χ0) is 15.5. The van der Waals surface area contributed by atoms with Gasteiger partial charge in [-0.2, -0.15) is 0 Å². The van der Waals surface area contributed by atoms with Gasteiger partial charge in [0.25, 0.3) is 0 Å². The van der Waals surface area contributed by atoms with E-state index >= 15 is 0 Å². The zero-order valence-corrected chi connectivity index (χ0v) is 14.3. The molecule has 1 saturated heterocycles. The molecule has 1 atom stereocenters. The van der Waals surface area contributed by atoms with E-state index in [1.165, 1.54) is 25.7 Å². The average molecular weight is 298 g/mol. The van der Waals surface area contributed by atoms with Gasteiger partial charge >= 0.3 is 0 Å². The molecule has 0 amide bonds. The van der Waals surface area contributed by atoms with Crippen LogP contribution in [0, 0.1) is 5.41 Å². The highest BCUT2D eigenvalue weighted by Gasteiger charge is 2.40. The Kier molecular flexibility index (Phi) is 5.69. The van der Waals surface area contributed by atoms with Crippen LogP contribution in [0.1, 0.15) is 53.4 Å². The summed E-state index contributed by atoms with van der Waals surface area (Å²) < 4.78 is 5.94. The second kappa shape index (κ2) is 6.95. The standard InChI is InChI=1S/C17H34N2O2/c1-14(2)18-11-17(7-5-6-8-17)13-19-9-15(10-20)21-16(3,4)12-19/h14-15,18,20H,5-13H2,1-4H3. The van der Waals surface area contributed by atoms with Crippen molar-refractivity contribution in [3.05, 3.63) is 0 Å². The third-order valence-corrected chi connectivity index (χ3v) is 4.86. The topological polar surface area (TPSA) is 44.7 Å². The van der Waals surface area contributed by atoms with Crippen LogP contribution in [0.3, 0.4) is 0 Å². The molecule has 0 aromatic rings. The first-order valence-electron chi connectivity index (χ1n) is 8.59. The van der Waals surface area contributed by atoms with Crippen LogP contribution in [0.25, 0.3) is 0 Å². The van der Waals surface area contributed by atoms with Gasteiger partial charge in [-0.05, 0) is 32.1 Å². The summed E-state index contributed by atoms with van der Waals surface area (Å²) in [5.41, 5.74) is 0.259. The summed E-state index contributed by atoms with van der Waals surface area (Å²) in [5.74, 6) is 0. The van der Waals surface area contributed by atoms with Crippen molar-refractivity contribution < 1.29 is 9.84 Å². The molecule has 1 unspecified atom stereocenters. The highest BCUT2D eigenvalue weighted by Crippen LogP contribution is 2.39. The van der Waals surface area contributed by atoms with E-state index in [1.54, 1.807) is 0 Å². The van der Waals surface area contributed by atoms with Crippen molar-refractivity contribution >= 4 is 0 Å². The predicted octanol–water partition coefficient (Wildman–Crippen LogP) is 2.02. The van der Waals surface area contributed by atoms with Crippen molar-refractivity contribution in [2.45, 2.75) is 71.1 Å². The first-order chi connectivity index (χ1) is 9.84. The van der Waals surface area contributed by atoms with Gasteiger partial charge in [-0.1, -0.05) is 26.7 Å². The summed E-state index contributed by atoms with van der Waals surface area (Å²) in [6.45, 7) is 12.9. The van der Waals surface area contributed by atoms with E-state index in [0.29, 0.717) is 11.5 Å². The molecule has 4 heteroatoms. The molecule has 0 radical (unpaired) electrons. The summed E-state index contributed by atoms with van der Waals surface area (Å²) in [4.78, 5) is 2.53. The SMILES string of the molecule is CC(C)NCC1(CN2CC(CO)OC(C)(C)C2)CCCC1. The number of aliphatic hydroxyl groups excluding tert-OH is 1. The maximum absolute atomic E-state index is 9.48. The van der Waals surface area contributed by atoms with Crippen LogP contribution in [0.5, 0.6) is 0 Å². The minimum atomic E-state index is -0.156. The fourth-order valence-electron chi connectivity index (χ4n) is 4.04. The fraction of sp³-hybridized carbons (Fsp3) is 1.00. The van der Waals surface area contributed by atoms with E-state index in [1.807, 2.05) is 0 Å². The molecule has 0 spiro atoms. The Morgan fingerprint density at radius 1 is 1.29 bits per heavy atom. The third-order valence-electron chi connectivity index (χ3n) is 4.86. The number of ether oxygens (including phenoxy) is 1. The zero-order valence-electron chi connectivity index (χ0n) is 14.3. The minimum Gasteiger partial charge on any atom is -0.394 e. The van der Waals surface area contributed by atoms with Crippen LogP contribution >= 0.6 is 0 Å². The van der Waals surface area contributed by atoms with Gasteiger partial charge in [-0.15, -0.1) is 0 Å². The fourth-order valence-corrected chi connectivity index (χ4v) is 4.04. The minimum absolute atomic E-state index is 0.0368. The van der Waals surface area contributed by atoms with Gasteiger partial charge < -0.3 is 15.2 Å². The van der Waals surface area contributed by atoms with Gasteiger partial charge in [-0.25, -0.2) is 0 Å². The number of nitrogens with one attached hydrogen (secondary N) is 1. The van der Waals surface area contributed by atoms with Crippen molar-refractivity contribution in [1.29, 1.82) is 0 Å². The second-order valence-electron chi connectivity index (χ2n) is 8.09. The van der Waals surface area contributed by atoms with Gasteiger partial charge in [0.15, 0.2) is 0 Å². The van der Waals surface area contributed by atoms with Gasteiger partial charge in [0.05, 0.1) is 18.3 Å². The van der Waals surface area contributed by atoms with E-state index in [4.69, 9.17) is 4.74 Å². The summed E-state index contributed by atoms with van der Waals surface area (Å²) in [5, 5.41) is 13.1. The lowest BCUT2D eigenvalue weighted by atomic mass is 9.84. The summed E-state index contributed by atoms with van der Waals surface area (Å²) in [6, 6.07) is 0.550. The Hall–Kier alpha value is -0.160. The number of morpholine rings is 1. The molecular weight excluding hydrogens is 264 g/mol. The van der Waals surface area contributed by atoms with Crippen LogP contribution in [0.15, 0.2) is 0 Å². The molecule has 124 valence electrons. The quantitative estimate of drug-likeness (QED) is 0.787. The van der Waals surface area contributed by atoms with Crippen LogP contribution < -0.4 is 5.32 Å². The van der Waals surface area contributed by atoms with Crippen molar-refractivity contribution in [3.63, 3.8) is 0 Å². The van der Waals surface area contributed by atoms with Gasteiger partial charge in [0, 0.05) is 32.2 Å². The van der Waals surface area contributed by atoms with E-state index < -0.39 is 0 Å². The second-order valence-corrected chi connectivity index (χ2v) is 8.09. The van der Waals surface area contributed by atoms with Crippen LogP contribution in [-0.4, -0.2) is 60.5 Å². The summed E-state index contributed by atoms with van der Waals surface area (Å²) >= 11 is 0. The average Bonchev–Trinajstić information content (AvgIpc) is 2.83. The van der Waals surface area contributed by atoms with Gasteiger partial charge in [0.1, 0.15) is 0 Å². The van der Waals surface area contributed by atoms with Gasteiger partial charge in [0.2, 0.25) is 0 Å². The molecule has 1 aliphatic heterocycles. The van der Waals surface area contributed by atoms with Crippen molar-refractivity contribution in [1.82, 2.24) is 10.2 Å². The van der Waals surface area contributed by atoms with Crippen LogP contribution in [-0.2, 0) is 4.74 Å². The van der Waals surface area contributed by atoms with Gasteiger partial charge in [-0.3, -0.25) is 4.90 Å². The molecule has 4 nitrogen and oxygen atoms in total. The van der Waals surface area contributed by atoms with E-state index in [9.17, 15) is 5.11 Å². The Morgan fingerprint density at radius 2 is 1.95 bits per heavy atom. The first kappa shape index (κ1) is 17.2.